The highest BCUT2D eigenvalue weighted by Gasteiger charge is 2.29. The molecule has 2 aromatic heterocycles. The van der Waals surface area contributed by atoms with E-state index in [2.05, 4.69) is 29.3 Å². The van der Waals surface area contributed by atoms with Crippen LogP contribution in [0.1, 0.15) is 40.5 Å². The van der Waals surface area contributed by atoms with Crippen molar-refractivity contribution >= 4 is 53.4 Å². The number of carbonyl (C=O) groups excluding carboxylic acids is 3. The lowest BCUT2D eigenvalue weighted by Crippen LogP contribution is -2.48. The number of carboxylic acids is 1. The number of imidazole rings is 1. The van der Waals surface area contributed by atoms with Gasteiger partial charge < -0.3 is 30.4 Å². The number of piperazine rings is 1. The van der Waals surface area contributed by atoms with Crippen LogP contribution in [-0.4, -0.2) is 94.1 Å². The highest BCUT2D eigenvalue weighted by molar-refractivity contribution is 7.62. The average molecular weight is 675 g/mol. The van der Waals surface area contributed by atoms with Gasteiger partial charge in [-0.3, -0.25) is 14.5 Å². The van der Waals surface area contributed by atoms with Crippen LogP contribution in [0.5, 0.6) is 0 Å². The number of nitrogens with one attached hydrogen (secondary N) is 1. The zero-order chi connectivity index (χ0) is 33.7. The van der Waals surface area contributed by atoms with Crippen LogP contribution in [0.3, 0.4) is 0 Å². The third kappa shape index (κ3) is 9.14. The molecule has 2 amide bonds. The number of nitrogens with two attached hydrogens (primary N) is 1. The van der Waals surface area contributed by atoms with Crippen molar-refractivity contribution in [3.63, 3.8) is 0 Å². The van der Waals surface area contributed by atoms with Gasteiger partial charge in [-0.05, 0) is 39.3 Å². The summed E-state index contributed by atoms with van der Waals surface area (Å²) in [5.41, 5.74) is 8.32. The number of rotatable bonds is 8. The first-order valence-electron chi connectivity index (χ1n) is 13.9. The van der Waals surface area contributed by atoms with E-state index in [1.807, 2.05) is 36.9 Å². The molecule has 1 aliphatic heterocycles. The quantitative estimate of drug-likeness (QED) is 0.266. The van der Waals surface area contributed by atoms with Crippen molar-refractivity contribution in [2.45, 2.75) is 39.7 Å². The van der Waals surface area contributed by atoms with Crippen LogP contribution in [-0.2, 0) is 29.0 Å². The van der Waals surface area contributed by atoms with Crippen LogP contribution in [0.4, 0.5) is 19.0 Å². The van der Waals surface area contributed by atoms with Gasteiger partial charge in [-0.25, -0.2) is 19.1 Å². The summed E-state index contributed by atoms with van der Waals surface area (Å²) in [5, 5.41) is 11.8. The summed E-state index contributed by atoms with van der Waals surface area (Å²) >= 11 is 5.89. The molecule has 0 spiro atoms. The highest BCUT2D eigenvalue weighted by atomic mass is 35.5. The van der Waals surface area contributed by atoms with Gasteiger partial charge in [-0.1, -0.05) is 11.6 Å². The molecule has 4 rings (SSSR count). The SMILES string of the molecule is CCn1c(CNC(=O)c2nc(Cl)cnc2N)[n+](CC)c2ccc(C(=O)N3CCN(CP(C)(C)=O)CC3)cc21.O=C([O-])C(F)(F)F. The second kappa shape index (κ2) is 14.6. The number of alkyl halides is 3. The molecule has 18 heteroatoms. The third-order valence-electron chi connectivity index (χ3n) is 6.88. The minimum Gasteiger partial charge on any atom is -0.542 e. The number of carboxylic acid groups (broad SMARTS) is 1. The molecular weight excluding hydrogens is 640 g/mol. The van der Waals surface area contributed by atoms with E-state index in [-0.39, 0.29) is 29.1 Å². The van der Waals surface area contributed by atoms with E-state index in [0.717, 1.165) is 16.9 Å². The fraction of sp³-hybridized carbons (Fsp3) is 0.481. The number of fused-ring (bicyclic) bond motifs is 1. The standard InChI is InChI=1S/C25H34ClN8O3P.C2HF3O2/c1-5-33-18-8-7-17(25(36)32-11-9-31(10-12-32)16-38(3,4)37)13-19(18)34(6-2)21(33)15-29-24(35)22-23(27)28-14-20(26)30-22;3-2(4,5)1(6)7/h7-8,13-14H,5-6,9-12,15-16H2,1-4H3,(H2-,27,28,29,35);(H,6,7). The Morgan fingerprint density at radius 2 is 1.78 bits per heavy atom. The molecule has 3 heterocycles. The Morgan fingerprint density at radius 1 is 1.16 bits per heavy atom. The number of nitrogens with zero attached hydrogens (tertiary/aromatic N) is 6. The number of hydrogen-bond acceptors (Lipinski definition) is 9. The van der Waals surface area contributed by atoms with E-state index in [9.17, 15) is 27.3 Å². The molecule has 3 aromatic rings. The molecule has 1 fully saturated rings. The molecule has 45 heavy (non-hydrogen) atoms. The van der Waals surface area contributed by atoms with Gasteiger partial charge in [0, 0.05) is 37.8 Å². The lowest BCUT2D eigenvalue weighted by molar-refractivity contribution is -0.676. The Morgan fingerprint density at radius 3 is 2.31 bits per heavy atom. The Labute approximate surface area is 262 Å². The van der Waals surface area contributed by atoms with E-state index >= 15 is 0 Å². The minimum atomic E-state index is -5.19. The largest absolute Gasteiger partial charge is 0.542 e. The first kappa shape index (κ1) is 35.7. The van der Waals surface area contributed by atoms with Gasteiger partial charge in [-0.2, -0.15) is 13.2 Å². The number of anilines is 1. The van der Waals surface area contributed by atoms with E-state index in [4.69, 9.17) is 27.2 Å². The molecule has 246 valence electrons. The Bertz CT molecular complexity index is 1620. The maximum Gasteiger partial charge on any atom is 0.430 e. The van der Waals surface area contributed by atoms with Crippen LogP contribution < -0.4 is 20.7 Å². The van der Waals surface area contributed by atoms with Crippen LogP contribution in [0.25, 0.3) is 11.0 Å². The number of hydrogen-bond donors (Lipinski definition) is 2. The molecule has 3 N–H and O–H groups in total. The number of amides is 2. The Balaban J connectivity index is 0.000000707. The van der Waals surface area contributed by atoms with Gasteiger partial charge in [0.1, 0.15) is 17.7 Å². The summed E-state index contributed by atoms with van der Waals surface area (Å²) in [5.74, 6) is -2.60. The molecule has 0 atom stereocenters. The lowest BCUT2D eigenvalue weighted by atomic mass is 10.1. The number of carbonyl (C=O) groups is 3. The zero-order valence-corrected chi connectivity index (χ0v) is 26.9. The fourth-order valence-electron chi connectivity index (χ4n) is 4.96. The smallest absolute Gasteiger partial charge is 0.430 e. The second-order valence-electron chi connectivity index (χ2n) is 10.6. The summed E-state index contributed by atoms with van der Waals surface area (Å²) in [6.45, 7) is 11.9. The van der Waals surface area contributed by atoms with Crippen molar-refractivity contribution < 1.29 is 41.8 Å². The van der Waals surface area contributed by atoms with Gasteiger partial charge in [0.2, 0.25) is 0 Å². The van der Waals surface area contributed by atoms with Crippen LogP contribution >= 0.6 is 18.7 Å². The number of aryl methyl sites for hydroxylation is 2. The predicted octanol–water partition coefficient (Wildman–Crippen LogP) is 1.56. The lowest BCUT2D eigenvalue weighted by Gasteiger charge is -2.35. The normalized spacial score (nSPS) is 14.2. The summed E-state index contributed by atoms with van der Waals surface area (Å²) < 4.78 is 47.9. The molecule has 0 saturated carbocycles. The number of benzene rings is 1. The van der Waals surface area contributed by atoms with Crippen LogP contribution in [0, 0.1) is 0 Å². The minimum absolute atomic E-state index is 0.00805. The third-order valence-corrected chi connectivity index (χ3v) is 8.15. The molecule has 0 unspecified atom stereocenters. The molecular formula is C27H35ClF3N8O5P. The fourth-order valence-corrected chi connectivity index (χ4v) is 6.34. The maximum absolute atomic E-state index is 13.4. The van der Waals surface area contributed by atoms with Gasteiger partial charge in [-0.15, -0.1) is 0 Å². The van der Waals surface area contributed by atoms with Gasteiger partial charge >= 0.3 is 6.18 Å². The van der Waals surface area contributed by atoms with Crippen molar-refractivity contribution in [1.82, 2.24) is 29.7 Å². The molecule has 0 aliphatic carbocycles. The topological polar surface area (TPSA) is 170 Å². The summed E-state index contributed by atoms with van der Waals surface area (Å²) in [7, 11) is -2.14. The van der Waals surface area contributed by atoms with Crippen molar-refractivity contribution in [1.29, 1.82) is 0 Å². The molecule has 1 aromatic carbocycles. The van der Waals surface area contributed by atoms with Gasteiger partial charge in [0.05, 0.1) is 32.7 Å². The number of nitrogen functional groups attached to an aromatic ring is 1. The summed E-state index contributed by atoms with van der Waals surface area (Å²) in [4.78, 5) is 46.9. The van der Waals surface area contributed by atoms with Crippen molar-refractivity contribution in [3.8, 4) is 0 Å². The van der Waals surface area contributed by atoms with Gasteiger partial charge in [0.25, 0.3) is 17.6 Å². The monoisotopic (exact) mass is 674 g/mol. The van der Waals surface area contributed by atoms with Crippen molar-refractivity contribution in [2.24, 2.45) is 0 Å². The first-order chi connectivity index (χ1) is 21.0. The number of aromatic nitrogens is 4. The second-order valence-corrected chi connectivity index (χ2v) is 14.4. The van der Waals surface area contributed by atoms with Gasteiger partial charge in [0.15, 0.2) is 22.5 Å². The number of aliphatic carboxylic acids is 1. The first-order valence-corrected chi connectivity index (χ1v) is 17.1. The van der Waals surface area contributed by atoms with E-state index in [0.29, 0.717) is 51.1 Å². The predicted molar refractivity (Wildman–Crippen MR) is 159 cm³/mol. The molecule has 1 aliphatic rings. The van der Waals surface area contributed by atoms with E-state index in [1.54, 1.807) is 13.3 Å². The van der Waals surface area contributed by atoms with Crippen LogP contribution in [0.15, 0.2) is 24.4 Å². The molecule has 0 bridgehead atoms. The summed E-state index contributed by atoms with van der Waals surface area (Å²) in [6.07, 6.45) is -3.32. The maximum atomic E-state index is 13.4. The molecule has 0 radical (unpaired) electrons. The highest BCUT2D eigenvalue weighted by Crippen LogP contribution is 2.36. The summed E-state index contributed by atoms with van der Waals surface area (Å²) in [6, 6.07) is 5.75. The van der Waals surface area contributed by atoms with Crippen molar-refractivity contribution in [3.05, 3.63) is 46.6 Å². The zero-order valence-electron chi connectivity index (χ0n) is 25.2. The van der Waals surface area contributed by atoms with E-state index in [1.165, 1.54) is 6.20 Å². The van der Waals surface area contributed by atoms with Crippen molar-refractivity contribution in [2.75, 3.05) is 51.5 Å². The molecule has 1 saturated heterocycles. The van der Waals surface area contributed by atoms with Crippen LogP contribution in [0.2, 0.25) is 5.15 Å². The average Bonchev–Trinajstić information content (AvgIpc) is 3.27. The van der Waals surface area contributed by atoms with E-state index < -0.39 is 25.2 Å². The molecule has 13 nitrogen and oxygen atoms in total. The Kier molecular flexibility index (Phi) is 11.6. The number of halogens is 4. The Hall–Kier alpha value is -3.75.